The van der Waals surface area contributed by atoms with E-state index in [4.69, 9.17) is 16.3 Å². The summed E-state index contributed by atoms with van der Waals surface area (Å²) < 4.78 is 4.96. The largest absolute Gasteiger partial charge is 0.450 e. The number of nitrogens with one attached hydrogen (secondary N) is 1. The SMILES string of the molecule is CCOC(=O)N1CCN(C(=O)CCCNC(=O)c2ccc(Cl)cc2)CC1. The Morgan fingerprint density at radius 3 is 2.31 bits per heavy atom. The third-order valence-corrected chi connectivity index (χ3v) is 4.37. The van der Waals surface area contributed by atoms with Gasteiger partial charge >= 0.3 is 6.09 Å². The first-order valence-corrected chi connectivity index (χ1v) is 9.12. The van der Waals surface area contributed by atoms with Crippen LogP contribution in [-0.4, -0.2) is 67.0 Å². The Morgan fingerprint density at radius 1 is 1.08 bits per heavy atom. The second kappa shape index (κ2) is 10.0. The molecular weight excluding hydrogens is 358 g/mol. The van der Waals surface area contributed by atoms with E-state index in [0.29, 0.717) is 62.8 Å². The number of carbonyl (C=O) groups excluding carboxylic acids is 3. The van der Waals surface area contributed by atoms with Crippen LogP contribution in [-0.2, 0) is 9.53 Å². The number of rotatable bonds is 6. The standard InChI is InChI=1S/C18H24ClN3O4/c1-2-26-18(25)22-12-10-21(11-13-22)16(23)4-3-9-20-17(24)14-5-7-15(19)8-6-14/h5-8H,2-4,9-13H2,1H3,(H,20,24). The summed E-state index contributed by atoms with van der Waals surface area (Å²) in [5.41, 5.74) is 0.538. The van der Waals surface area contributed by atoms with Crippen molar-refractivity contribution in [3.8, 4) is 0 Å². The van der Waals surface area contributed by atoms with Gasteiger partial charge in [0.2, 0.25) is 5.91 Å². The Bertz CT molecular complexity index is 628. The summed E-state index contributed by atoms with van der Waals surface area (Å²) in [7, 11) is 0. The number of nitrogens with zero attached hydrogens (tertiary/aromatic N) is 2. The van der Waals surface area contributed by atoms with Gasteiger partial charge in [-0.2, -0.15) is 0 Å². The molecule has 0 radical (unpaired) electrons. The Hall–Kier alpha value is -2.28. The van der Waals surface area contributed by atoms with E-state index < -0.39 is 0 Å². The normalized spacial score (nSPS) is 14.1. The van der Waals surface area contributed by atoms with E-state index in [1.54, 1.807) is 41.0 Å². The van der Waals surface area contributed by atoms with Crippen LogP contribution in [0.25, 0.3) is 0 Å². The van der Waals surface area contributed by atoms with Crippen LogP contribution < -0.4 is 5.32 Å². The zero-order chi connectivity index (χ0) is 18.9. The van der Waals surface area contributed by atoms with E-state index in [2.05, 4.69) is 5.32 Å². The van der Waals surface area contributed by atoms with Gasteiger partial charge in [-0.3, -0.25) is 9.59 Å². The Kier molecular flexibility index (Phi) is 7.72. The molecule has 1 aromatic rings. The number of carbonyl (C=O) groups is 3. The van der Waals surface area contributed by atoms with Crippen LogP contribution in [0.2, 0.25) is 5.02 Å². The molecule has 142 valence electrons. The van der Waals surface area contributed by atoms with Crippen molar-refractivity contribution in [3.05, 3.63) is 34.9 Å². The fourth-order valence-electron chi connectivity index (χ4n) is 2.66. The summed E-state index contributed by atoms with van der Waals surface area (Å²) in [6.07, 6.45) is 0.598. The van der Waals surface area contributed by atoms with Gasteiger partial charge < -0.3 is 19.9 Å². The molecule has 1 aliphatic rings. The highest BCUT2D eigenvalue weighted by atomic mass is 35.5. The van der Waals surface area contributed by atoms with Crippen LogP contribution >= 0.6 is 11.6 Å². The van der Waals surface area contributed by atoms with Crippen molar-refractivity contribution in [2.24, 2.45) is 0 Å². The first-order chi connectivity index (χ1) is 12.5. The smallest absolute Gasteiger partial charge is 0.409 e. The van der Waals surface area contributed by atoms with Gasteiger partial charge in [-0.25, -0.2) is 4.79 Å². The van der Waals surface area contributed by atoms with Crippen LogP contribution in [0.4, 0.5) is 4.79 Å². The van der Waals surface area contributed by atoms with E-state index in [9.17, 15) is 14.4 Å². The Balaban J connectivity index is 1.64. The molecule has 0 aliphatic carbocycles. The van der Waals surface area contributed by atoms with Gasteiger partial charge in [-0.1, -0.05) is 11.6 Å². The fraction of sp³-hybridized carbons (Fsp3) is 0.500. The molecule has 2 rings (SSSR count). The number of piperazine rings is 1. The van der Waals surface area contributed by atoms with E-state index >= 15 is 0 Å². The summed E-state index contributed by atoms with van der Waals surface area (Å²) in [5, 5.41) is 3.37. The highest BCUT2D eigenvalue weighted by molar-refractivity contribution is 6.30. The topological polar surface area (TPSA) is 79.0 Å². The Labute approximate surface area is 158 Å². The summed E-state index contributed by atoms with van der Waals surface area (Å²) in [6.45, 7) is 4.53. The van der Waals surface area contributed by atoms with Crippen LogP contribution in [0.3, 0.4) is 0 Å². The molecule has 1 heterocycles. The van der Waals surface area contributed by atoms with Gasteiger partial charge in [0, 0.05) is 49.7 Å². The quantitative estimate of drug-likeness (QED) is 0.766. The van der Waals surface area contributed by atoms with Gasteiger partial charge in [-0.15, -0.1) is 0 Å². The minimum atomic E-state index is -0.329. The van der Waals surface area contributed by atoms with E-state index in [1.807, 2.05) is 0 Å². The second-order valence-electron chi connectivity index (χ2n) is 5.93. The fourth-order valence-corrected chi connectivity index (χ4v) is 2.78. The molecule has 1 saturated heterocycles. The lowest BCUT2D eigenvalue weighted by atomic mass is 10.2. The number of ether oxygens (including phenoxy) is 1. The lowest BCUT2D eigenvalue weighted by molar-refractivity contribution is -0.132. The number of halogens is 1. The number of amides is 3. The molecule has 1 fully saturated rings. The maximum Gasteiger partial charge on any atom is 0.409 e. The summed E-state index contributed by atoms with van der Waals surface area (Å²) in [4.78, 5) is 39.2. The van der Waals surface area contributed by atoms with Crippen molar-refractivity contribution in [3.63, 3.8) is 0 Å². The molecular formula is C18H24ClN3O4. The van der Waals surface area contributed by atoms with Crippen molar-refractivity contribution < 1.29 is 19.1 Å². The monoisotopic (exact) mass is 381 g/mol. The number of benzene rings is 1. The third-order valence-electron chi connectivity index (χ3n) is 4.12. The minimum absolute atomic E-state index is 0.0363. The van der Waals surface area contributed by atoms with E-state index in [-0.39, 0.29) is 17.9 Å². The van der Waals surface area contributed by atoms with Crippen molar-refractivity contribution in [1.82, 2.24) is 15.1 Å². The third kappa shape index (κ3) is 5.91. The molecule has 1 aromatic carbocycles. The molecule has 7 nitrogen and oxygen atoms in total. The Morgan fingerprint density at radius 2 is 1.69 bits per heavy atom. The summed E-state index contributed by atoms with van der Waals surface area (Å²) in [6, 6.07) is 6.64. The van der Waals surface area contributed by atoms with Crippen molar-refractivity contribution >= 4 is 29.5 Å². The average Bonchev–Trinajstić information content (AvgIpc) is 2.65. The van der Waals surface area contributed by atoms with Crippen molar-refractivity contribution in [1.29, 1.82) is 0 Å². The molecule has 8 heteroatoms. The molecule has 0 saturated carbocycles. The second-order valence-corrected chi connectivity index (χ2v) is 6.37. The van der Waals surface area contributed by atoms with Crippen molar-refractivity contribution in [2.75, 3.05) is 39.3 Å². The predicted octanol–water partition coefficient (Wildman–Crippen LogP) is 2.15. The van der Waals surface area contributed by atoms with Gasteiger partial charge in [0.25, 0.3) is 5.91 Å². The lowest BCUT2D eigenvalue weighted by Crippen LogP contribution is -2.50. The molecule has 3 amide bonds. The number of hydrogen-bond donors (Lipinski definition) is 1. The first kappa shape index (κ1) is 20.0. The van der Waals surface area contributed by atoms with Gasteiger partial charge in [0.05, 0.1) is 6.61 Å². The van der Waals surface area contributed by atoms with Crippen LogP contribution in [0.15, 0.2) is 24.3 Å². The summed E-state index contributed by atoms with van der Waals surface area (Å²) in [5.74, 6) is -0.147. The zero-order valence-electron chi connectivity index (χ0n) is 14.9. The highest BCUT2D eigenvalue weighted by Crippen LogP contribution is 2.10. The van der Waals surface area contributed by atoms with Crippen LogP contribution in [0, 0.1) is 0 Å². The molecule has 0 atom stereocenters. The lowest BCUT2D eigenvalue weighted by Gasteiger charge is -2.34. The van der Waals surface area contributed by atoms with E-state index in [1.165, 1.54) is 0 Å². The van der Waals surface area contributed by atoms with Gasteiger partial charge in [0.15, 0.2) is 0 Å². The molecule has 1 N–H and O–H groups in total. The highest BCUT2D eigenvalue weighted by Gasteiger charge is 2.24. The first-order valence-electron chi connectivity index (χ1n) is 8.74. The van der Waals surface area contributed by atoms with Gasteiger partial charge in [0.1, 0.15) is 0 Å². The maximum absolute atomic E-state index is 12.2. The molecule has 0 bridgehead atoms. The van der Waals surface area contributed by atoms with Crippen molar-refractivity contribution in [2.45, 2.75) is 19.8 Å². The maximum atomic E-state index is 12.2. The predicted molar refractivity (Wildman–Crippen MR) is 98.2 cm³/mol. The minimum Gasteiger partial charge on any atom is -0.450 e. The zero-order valence-corrected chi connectivity index (χ0v) is 15.6. The van der Waals surface area contributed by atoms with Crippen LogP contribution in [0.1, 0.15) is 30.1 Å². The number of hydrogen-bond acceptors (Lipinski definition) is 4. The molecule has 1 aliphatic heterocycles. The van der Waals surface area contributed by atoms with Gasteiger partial charge in [-0.05, 0) is 37.6 Å². The molecule has 0 aromatic heterocycles. The van der Waals surface area contributed by atoms with E-state index in [0.717, 1.165) is 0 Å². The molecule has 26 heavy (non-hydrogen) atoms. The van der Waals surface area contributed by atoms with Crippen LogP contribution in [0.5, 0.6) is 0 Å². The molecule has 0 unspecified atom stereocenters. The summed E-state index contributed by atoms with van der Waals surface area (Å²) >= 11 is 5.79. The molecule has 0 spiro atoms. The average molecular weight is 382 g/mol.